The maximum absolute atomic E-state index is 11.0. The summed E-state index contributed by atoms with van der Waals surface area (Å²) in [5.41, 5.74) is 1.53. The average molecular weight is 317 g/mol. The molecule has 1 aromatic heterocycles. The number of hydrogen-bond acceptors (Lipinski definition) is 6. The van der Waals surface area contributed by atoms with Crippen molar-refractivity contribution in [2.24, 2.45) is 0 Å². The van der Waals surface area contributed by atoms with Gasteiger partial charge in [-0.3, -0.25) is 9.78 Å². The number of rotatable bonds is 7. The zero-order valence-corrected chi connectivity index (χ0v) is 12.8. The normalized spacial score (nSPS) is 10.2. The molecule has 6 heteroatoms. The molecule has 1 aromatic carbocycles. The van der Waals surface area contributed by atoms with Gasteiger partial charge in [-0.15, -0.1) is 0 Å². The molecular formula is C16H15NO4S. The van der Waals surface area contributed by atoms with Crippen LogP contribution in [0, 0.1) is 0 Å². The summed E-state index contributed by atoms with van der Waals surface area (Å²) in [5.74, 6) is 0.191. The summed E-state index contributed by atoms with van der Waals surface area (Å²) in [5, 5.41) is 9.64. The molecule has 0 unspecified atom stereocenters. The van der Waals surface area contributed by atoms with Crippen molar-refractivity contribution >= 4 is 23.4 Å². The van der Waals surface area contributed by atoms with Crippen LogP contribution in [0.1, 0.15) is 21.6 Å². The van der Waals surface area contributed by atoms with Crippen LogP contribution in [0.15, 0.2) is 36.5 Å². The predicted molar refractivity (Wildman–Crippen MR) is 85.6 cm³/mol. The first-order chi connectivity index (χ1) is 10.7. The summed E-state index contributed by atoms with van der Waals surface area (Å²) in [6.45, 7) is 0.475. The highest BCUT2D eigenvalue weighted by Gasteiger charge is 2.12. The number of carbonyl (C=O) groups excluding carboxylic acids is 1. The topological polar surface area (TPSA) is 68.7 Å². The lowest BCUT2D eigenvalue weighted by Gasteiger charge is -2.12. The third kappa shape index (κ3) is 3.66. The second-order valence-electron chi connectivity index (χ2n) is 4.46. The number of pyridine rings is 1. The van der Waals surface area contributed by atoms with E-state index in [1.807, 2.05) is 6.07 Å². The standard InChI is InChI=1S/C16H15NO4S/c1-20-10-15(22)16-11(4-3-7-17-16)9-21-14-6-2-5-13(19)12(14)8-18/h2-8,19H,9-10H2,1H3. The first kappa shape index (κ1) is 16.1. The highest BCUT2D eigenvalue weighted by Crippen LogP contribution is 2.26. The first-order valence-corrected chi connectivity index (χ1v) is 6.94. The van der Waals surface area contributed by atoms with Crippen molar-refractivity contribution in [3.8, 4) is 11.5 Å². The van der Waals surface area contributed by atoms with Crippen LogP contribution in [0.4, 0.5) is 0 Å². The minimum absolute atomic E-state index is 0.117. The van der Waals surface area contributed by atoms with Gasteiger partial charge in [-0.05, 0) is 18.2 Å². The van der Waals surface area contributed by atoms with Crippen LogP contribution in [0.2, 0.25) is 0 Å². The molecule has 1 heterocycles. The Morgan fingerprint density at radius 2 is 2.18 bits per heavy atom. The second kappa shape index (κ2) is 7.63. The Morgan fingerprint density at radius 1 is 1.36 bits per heavy atom. The largest absolute Gasteiger partial charge is 0.507 e. The molecule has 0 spiro atoms. The number of aromatic nitrogens is 1. The van der Waals surface area contributed by atoms with E-state index < -0.39 is 0 Å². The van der Waals surface area contributed by atoms with Gasteiger partial charge >= 0.3 is 0 Å². The third-order valence-corrected chi connectivity index (χ3v) is 3.29. The molecule has 0 fully saturated rings. The molecule has 0 bridgehead atoms. The van der Waals surface area contributed by atoms with E-state index in [9.17, 15) is 9.90 Å². The molecule has 2 aromatic rings. The van der Waals surface area contributed by atoms with Gasteiger partial charge in [-0.1, -0.05) is 24.4 Å². The Kier molecular flexibility index (Phi) is 5.57. The lowest BCUT2D eigenvalue weighted by atomic mass is 10.1. The Morgan fingerprint density at radius 3 is 2.91 bits per heavy atom. The van der Waals surface area contributed by atoms with Crippen molar-refractivity contribution < 1.29 is 19.4 Å². The smallest absolute Gasteiger partial charge is 0.157 e. The number of hydrogen-bond donors (Lipinski definition) is 1. The van der Waals surface area contributed by atoms with E-state index in [-0.39, 0.29) is 17.9 Å². The Hall–Kier alpha value is -2.31. The molecule has 0 amide bonds. The van der Waals surface area contributed by atoms with Crippen LogP contribution in [-0.4, -0.2) is 35.0 Å². The number of methoxy groups -OCH3 is 1. The van der Waals surface area contributed by atoms with Crippen LogP contribution in [0.25, 0.3) is 0 Å². The lowest BCUT2D eigenvalue weighted by Crippen LogP contribution is -2.12. The van der Waals surface area contributed by atoms with Gasteiger partial charge in [0, 0.05) is 18.9 Å². The number of carbonyl (C=O) groups is 1. The number of phenolic OH excluding ortho intramolecular Hbond substituents is 1. The Bertz CT molecular complexity index is 688. The molecule has 22 heavy (non-hydrogen) atoms. The summed E-state index contributed by atoms with van der Waals surface area (Å²) in [4.78, 5) is 15.9. The second-order valence-corrected chi connectivity index (χ2v) is 4.96. The molecule has 0 saturated heterocycles. The van der Waals surface area contributed by atoms with E-state index in [1.54, 1.807) is 31.5 Å². The number of phenols is 1. The van der Waals surface area contributed by atoms with Gasteiger partial charge in [-0.2, -0.15) is 0 Å². The van der Waals surface area contributed by atoms with Crippen LogP contribution in [0.3, 0.4) is 0 Å². The number of ether oxygens (including phenoxy) is 2. The highest BCUT2D eigenvalue weighted by molar-refractivity contribution is 7.80. The summed E-state index contributed by atoms with van der Waals surface area (Å²) in [6, 6.07) is 8.28. The third-order valence-electron chi connectivity index (χ3n) is 2.97. The fraction of sp³-hybridized carbons (Fsp3) is 0.188. The fourth-order valence-corrected chi connectivity index (χ4v) is 2.24. The summed E-state index contributed by atoms with van der Waals surface area (Å²) < 4.78 is 10.7. The number of benzene rings is 1. The van der Waals surface area contributed by atoms with Gasteiger partial charge in [0.25, 0.3) is 0 Å². The van der Waals surface area contributed by atoms with E-state index in [4.69, 9.17) is 21.7 Å². The average Bonchev–Trinajstić information content (AvgIpc) is 2.53. The molecular weight excluding hydrogens is 302 g/mol. The summed E-state index contributed by atoms with van der Waals surface area (Å²) in [7, 11) is 1.56. The fourth-order valence-electron chi connectivity index (χ4n) is 1.94. The lowest BCUT2D eigenvalue weighted by molar-refractivity contribution is 0.111. The molecule has 0 radical (unpaired) electrons. The monoisotopic (exact) mass is 317 g/mol. The molecule has 0 atom stereocenters. The van der Waals surface area contributed by atoms with Crippen molar-refractivity contribution in [2.45, 2.75) is 6.61 Å². The van der Waals surface area contributed by atoms with Gasteiger partial charge in [0.1, 0.15) is 18.1 Å². The molecule has 1 N–H and O–H groups in total. The Labute approximate surface area is 133 Å². The van der Waals surface area contributed by atoms with Gasteiger partial charge in [0.2, 0.25) is 0 Å². The molecule has 114 valence electrons. The van der Waals surface area contributed by atoms with Crippen molar-refractivity contribution in [1.29, 1.82) is 0 Å². The maximum atomic E-state index is 11.0. The van der Waals surface area contributed by atoms with E-state index in [1.165, 1.54) is 6.07 Å². The van der Waals surface area contributed by atoms with Gasteiger partial charge in [-0.25, -0.2) is 0 Å². The molecule has 0 aliphatic rings. The molecule has 5 nitrogen and oxygen atoms in total. The van der Waals surface area contributed by atoms with Crippen LogP contribution in [-0.2, 0) is 11.3 Å². The minimum Gasteiger partial charge on any atom is -0.507 e. The molecule has 0 aliphatic heterocycles. The van der Waals surface area contributed by atoms with Gasteiger partial charge < -0.3 is 14.6 Å². The highest BCUT2D eigenvalue weighted by atomic mass is 32.1. The predicted octanol–water partition coefficient (Wildman–Crippen LogP) is 2.54. The molecule has 0 aliphatic carbocycles. The SMILES string of the molecule is COCC(=S)c1ncccc1COc1cccc(O)c1C=O. The van der Waals surface area contributed by atoms with Crippen molar-refractivity contribution in [3.63, 3.8) is 0 Å². The minimum atomic E-state index is -0.117. The number of nitrogens with zero attached hydrogens (tertiary/aromatic N) is 1. The number of aldehydes is 1. The van der Waals surface area contributed by atoms with Crippen LogP contribution < -0.4 is 4.74 Å². The number of aromatic hydroxyl groups is 1. The van der Waals surface area contributed by atoms with E-state index in [2.05, 4.69) is 4.98 Å². The van der Waals surface area contributed by atoms with Crippen LogP contribution in [0.5, 0.6) is 11.5 Å². The maximum Gasteiger partial charge on any atom is 0.157 e. The number of thiocarbonyl (C=S) groups is 1. The van der Waals surface area contributed by atoms with E-state index in [0.29, 0.717) is 29.2 Å². The zero-order chi connectivity index (χ0) is 15.9. The Balaban J connectivity index is 2.21. The van der Waals surface area contributed by atoms with Gasteiger partial charge in [0.05, 0.1) is 22.7 Å². The van der Waals surface area contributed by atoms with E-state index >= 15 is 0 Å². The zero-order valence-electron chi connectivity index (χ0n) is 12.0. The molecule has 2 rings (SSSR count). The molecule has 0 saturated carbocycles. The van der Waals surface area contributed by atoms with Gasteiger partial charge in [0.15, 0.2) is 6.29 Å². The summed E-state index contributed by atoms with van der Waals surface area (Å²) in [6.07, 6.45) is 2.20. The van der Waals surface area contributed by atoms with Crippen molar-refractivity contribution in [2.75, 3.05) is 13.7 Å². The quantitative estimate of drug-likeness (QED) is 0.481. The van der Waals surface area contributed by atoms with Crippen molar-refractivity contribution in [1.82, 2.24) is 4.98 Å². The van der Waals surface area contributed by atoms with E-state index in [0.717, 1.165) is 5.56 Å². The first-order valence-electron chi connectivity index (χ1n) is 6.53. The summed E-state index contributed by atoms with van der Waals surface area (Å²) >= 11 is 5.27. The van der Waals surface area contributed by atoms with Crippen molar-refractivity contribution in [3.05, 3.63) is 53.3 Å². The van der Waals surface area contributed by atoms with Crippen LogP contribution >= 0.6 is 12.2 Å².